The van der Waals surface area contributed by atoms with Crippen molar-refractivity contribution < 1.29 is 14.2 Å². The van der Waals surface area contributed by atoms with E-state index in [1.807, 2.05) is 0 Å². The fraction of sp³-hybridized carbons (Fsp3) is 0.364. The quantitative estimate of drug-likeness (QED) is 0.464. The molecule has 9 heteroatoms. The number of benzene rings is 1. The third-order valence-corrected chi connectivity index (χ3v) is 6.73. The van der Waals surface area contributed by atoms with Crippen molar-refractivity contribution in [2.45, 2.75) is 25.7 Å². The van der Waals surface area contributed by atoms with Crippen molar-refractivity contribution in [2.24, 2.45) is 11.8 Å². The van der Waals surface area contributed by atoms with Crippen LogP contribution >= 0.6 is 0 Å². The Bertz CT molecular complexity index is 1340. The van der Waals surface area contributed by atoms with Crippen LogP contribution < -0.4 is 10.1 Å². The Kier molecular flexibility index (Phi) is 3.92. The molecule has 6 rings (SSSR count). The van der Waals surface area contributed by atoms with Gasteiger partial charge in [0.1, 0.15) is 17.3 Å². The number of aromatic nitrogens is 5. The summed E-state index contributed by atoms with van der Waals surface area (Å²) in [5.74, 6) is 1.23. The monoisotopic (exact) mass is 420 g/mol. The van der Waals surface area contributed by atoms with E-state index < -0.39 is 0 Å². The third kappa shape index (κ3) is 2.62. The number of aromatic amines is 1. The van der Waals surface area contributed by atoms with Crippen molar-refractivity contribution in [3.63, 3.8) is 0 Å². The maximum Gasteiger partial charge on any atom is 0.324 e. The number of aryl methyl sites for hydroxylation is 1. The van der Waals surface area contributed by atoms with E-state index in [-0.39, 0.29) is 36.2 Å². The summed E-state index contributed by atoms with van der Waals surface area (Å²) < 4.78 is 21.0. The number of hydrogen-bond donors (Lipinski definition) is 3. The van der Waals surface area contributed by atoms with Gasteiger partial charge in [-0.15, -0.1) is 0 Å². The normalized spacial score (nSPS) is 21.7. The molecule has 1 fully saturated rings. The first-order chi connectivity index (χ1) is 15.1. The molecule has 1 aromatic carbocycles. The predicted molar refractivity (Wildman–Crippen MR) is 113 cm³/mol. The highest BCUT2D eigenvalue weighted by Gasteiger charge is 2.46. The Morgan fingerprint density at radius 3 is 2.81 bits per heavy atom. The smallest absolute Gasteiger partial charge is 0.324 e. The molecule has 2 aliphatic carbocycles. The summed E-state index contributed by atoms with van der Waals surface area (Å²) in [4.78, 5) is 21.0. The summed E-state index contributed by atoms with van der Waals surface area (Å²) in [5.41, 5.74) is 3.60. The third-order valence-electron chi connectivity index (χ3n) is 6.73. The van der Waals surface area contributed by atoms with Crippen LogP contribution in [0.1, 0.15) is 29.4 Å². The number of aliphatic hydroxyl groups excluding tert-OH is 1. The fourth-order valence-electron chi connectivity index (χ4n) is 5.14. The molecule has 0 bridgehead atoms. The maximum atomic E-state index is 15.1. The minimum Gasteiger partial charge on any atom is -0.421 e. The second-order valence-corrected chi connectivity index (χ2v) is 8.35. The van der Waals surface area contributed by atoms with Gasteiger partial charge in [0.05, 0.1) is 29.3 Å². The molecule has 0 radical (unpaired) electrons. The molecule has 0 spiro atoms. The van der Waals surface area contributed by atoms with Gasteiger partial charge in [-0.3, -0.25) is 0 Å². The zero-order valence-corrected chi connectivity index (χ0v) is 17.1. The topological polar surface area (TPSA) is 109 Å². The summed E-state index contributed by atoms with van der Waals surface area (Å²) in [6.45, 7) is 1.89. The van der Waals surface area contributed by atoms with Gasteiger partial charge in [0.25, 0.3) is 0 Å². The summed E-state index contributed by atoms with van der Waals surface area (Å²) >= 11 is 0. The number of nitrogens with one attached hydrogen (secondary N) is 2. The largest absolute Gasteiger partial charge is 0.421 e. The van der Waals surface area contributed by atoms with Gasteiger partial charge in [-0.2, -0.15) is 9.97 Å². The number of fused-ring (bicyclic) bond motifs is 2. The van der Waals surface area contributed by atoms with Crippen molar-refractivity contribution in [1.29, 1.82) is 0 Å². The van der Waals surface area contributed by atoms with Crippen molar-refractivity contribution >= 4 is 27.6 Å². The van der Waals surface area contributed by atoms with Crippen LogP contribution in [0.5, 0.6) is 11.8 Å². The molecule has 0 aliphatic heterocycles. The lowest BCUT2D eigenvalue weighted by Crippen LogP contribution is -2.38. The molecule has 3 heterocycles. The van der Waals surface area contributed by atoms with Gasteiger partial charge in [-0.1, -0.05) is 0 Å². The van der Waals surface area contributed by atoms with E-state index in [0.717, 1.165) is 28.4 Å². The van der Waals surface area contributed by atoms with Crippen LogP contribution in [0.15, 0.2) is 18.5 Å². The van der Waals surface area contributed by atoms with Gasteiger partial charge < -0.3 is 20.1 Å². The molecule has 0 amide bonds. The van der Waals surface area contributed by atoms with E-state index in [1.165, 1.54) is 6.07 Å². The van der Waals surface area contributed by atoms with Crippen LogP contribution in [-0.2, 0) is 6.42 Å². The zero-order chi connectivity index (χ0) is 21.3. The summed E-state index contributed by atoms with van der Waals surface area (Å²) in [6, 6.07) is 1.72. The highest BCUT2D eigenvalue weighted by atomic mass is 19.1. The van der Waals surface area contributed by atoms with E-state index in [0.29, 0.717) is 34.9 Å². The van der Waals surface area contributed by atoms with Crippen molar-refractivity contribution in [1.82, 2.24) is 24.9 Å². The Labute approximate surface area is 176 Å². The van der Waals surface area contributed by atoms with Gasteiger partial charge in [0, 0.05) is 30.3 Å². The van der Waals surface area contributed by atoms with E-state index in [2.05, 4.69) is 25.3 Å². The molecular formula is C22H21FN6O2. The van der Waals surface area contributed by atoms with Crippen molar-refractivity contribution in [3.8, 4) is 11.8 Å². The molecule has 8 nitrogen and oxygen atoms in total. The molecule has 1 saturated carbocycles. The highest BCUT2D eigenvalue weighted by molar-refractivity contribution is 6.13. The lowest BCUT2D eigenvalue weighted by atomic mass is 9.62. The number of halogens is 1. The number of nitrogens with zero attached hydrogens (tertiary/aromatic N) is 4. The molecule has 3 atom stereocenters. The first kappa shape index (κ1) is 18.4. The Balaban J connectivity index is 1.59. The first-order valence-electron chi connectivity index (χ1n) is 10.4. The van der Waals surface area contributed by atoms with Crippen LogP contribution in [0.4, 0.5) is 10.1 Å². The highest BCUT2D eigenvalue weighted by Crippen LogP contribution is 2.54. The zero-order valence-electron chi connectivity index (χ0n) is 17.1. The lowest BCUT2D eigenvalue weighted by molar-refractivity contribution is 0.0630. The Morgan fingerprint density at radius 1 is 1.26 bits per heavy atom. The van der Waals surface area contributed by atoms with Gasteiger partial charge >= 0.3 is 6.01 Å². The number of ether oxygens (including phenoxy) is 1. The van der Waals surface area contributed by atoms with Crippen molar-refractivity contribution in [2.75, 3.05) is 19.0 Å². The molecule has 4 aromatic rings. The molecule has 3 aromatic heterocycles. The molecule has 0 saturated heterocycles. The van der Waals surface area contributed by atoms with Gasteiger partial charge in [0.2, 0.25) is 0 Å². The predicted octanol–water partition coefficient (Wildman–Crippen LogP) is 3.45. The maximum absolute atomic E-state index is 15.1. The van der Waals surface area contributed by atoms with Crippen LogP contribution in [0, 0.1) is 24.6 Å². The fourth-order valence-corrected chi connectivity index (χ4v) is 5.14. The van der Waals surface area contributed by atoms with E-state index in [1.54, 1.807) is 26.4 Å². The van der Waals surface area contributed by atoms with Crippen LogP contribution in [0.3, 0.4) is 0 Å². The summed E-state index contributed by atoms with van der Waals surface area (Å²) in [5, 5.41) is 14.6. The van der Waals surface area contributed by atoms with Gasteiger partial charge in [-0.25, -0.2) is 14.4 Å². The SMILES string of the molecule is CNc1cc(F)c2c3c1[nH]c1nc(Oc4cnc(C)nc4)nc(c13)[C@H]1C[C@@H](CO)[C@@H]1C2. The van der Waals surface area contributed by atoms with Crippen LogP contribution in [0.2, 0.25) is 0 Å². The number of rotatable bonds is 4. The molecule has 0 unspecified atom stereocenters. The second-order valence-electron chi connectivity index (χ2n) is 8.35. The van der Waals surface area contributed by atoms with Gasteiger partial charge in [-0.05, 0) is 43.2 Å². The van der Waals surface area contributed by atoms with Crippen LogP contribution in [0.25, 0.3) is 21.9 Å². The number of anilines is 1. The molecule has 31 heavy (non-hydrogen) atoms. The second kappa shape index (κ2) is 6.58. The number of hydrogen-bond acceptors (Lipinski definition) is 7. The minimum absolute atomic E-state index is 0.0924. The number of aliphatic hydroxyl groups is 1. The lowest BCUT2D eigenvalue weighted by Gasteiger charge is -2.43. The summed E-state index contributed by atoms with van der Waals surface area (Å²) in [7, 11) is 1.77. The standard InChI is InChI=1S/C22H21FN6O2/c1-9-25-6-11(7-26-9)31-22-28-19-13-3-10(8-30)12(13)4-14-15(23)5-16(24-2)20-17(14)18(19)21(27-20)29-22/h5-7,10,12-13,24,30H,3-4,8H2,1-2H3,(H,27,28,29)/t10-,12-,13-/m0/s1. The van der Waals surface area contributed by atoms with E-state index in [4.69, 9.17) is 9.72 Å². The molecular weight excluding hydrogens is 399 g/mol. The average Bonchev–Trinajstić information content (AvgIpc) is 3.08. The first-order valence-corrected chi connectivity index (χ1v) is 10.4. The van der Waals surface area contributed by atoms with Gasteiger partial charge in [0.15, 0.2) is 5.75 Å². The molecule has 2 aliphatic rings. The van der Waals surface area contributed by atoms with Crippen LogP contribution in [-0.4, -0.2) is 43.7 Å². The molecule has 158 valence electrons. The Morgan fingerprint density at radius 2 is 2.06 bits per heavy atom. The van der Waals surface area contributed by atoms with E-state index in [9.17, 15) is 5.11 Å². The minimum atomic E-state index is -0.245. The average molecular weight is 420 g/mol. The van der Waals surface area contributed by atoms with E-state index >= 15 is 4.39 Å². The summed E-state index contributed by atoms with van der Waals surface area (Å²) in [6.07, 6.45) is 4.54. The Hall–Kier alpha value is -3.33. The van der Waals surface area contributed by atoms with Crippen molar-refractivity contribution in [3.05, 3.63) is 41.4 Å². The number of H-pyrrole nitrogens is 1. The molecule has 3 N–H and O–H groups in total.